The summed E-state index contributed by atoms with van der Waals surface area (Å²) < 4.78 is 18.8. The van der Waals surface area contributed by atoms with E-state index in [2.05, 4.69) is 25.9 Å². The van der Waals surface area contributed by atoms with Crippen molar-refractivity contribution < 1.29 is 9.13 Å². The molecule has 0 aliphatic heterocycles. The summed E-state index contributed by atoms with van der Waals surface area (Å²) in [5.74, 6) is 0.323. The Balaban J connectivity index is 1.66. The van der Waals surface area contributed by atoms with Crippen LogP contribution >= 0.6 is 11.6 Å². The molecule has 2 aromatic carbocycles. The Hall–Kier alpha value is -3.44. The van der Waals surface area contributed by atoms with Gasteiger partial charge in [-0.25, -0.2) is 4.39 Å². The predicted molar refractivity (Wildman–Crippen MR) is 93.6 cm³/mol. The Bertz CT molecular complexity index is 968. The summed E-state index contributed by atoms with van der Waals surface area (Å²) in [7, 11) is 0. The van der Waals surface area contributed by atoms with Gasteiger partial charge in [-0.3, -0.25) is 0 Å². The molecule has 3 rings (SSSR count). The molecule has 0 amide bonds. The number of aromatic amines is 1. The van der Waals surface area contributed by atoms with E-state index in [1.54, 1.807) is 30.3 Å². The highest BCUT2D eigenvalue weighted by Gasteiger charge is 2.07. The van der Waals surface area contributed by atoms with E-state index >= 15 is 0 Å². The highest BCUT2D eigenvalue weighted by Crippen LogP contribution is 2.28. The summed E-state index contributed by atoms with van der Waals surface area (Å²) in [6.45, 7) is 0.195. The zero-order valence-corrected chi connectivity index (χ0v) is 14.0. The third-order valence-electron chi connectivity index (χ3n) is 3.31. The summed E-state index contributed by atoms with van der Waals surface area (Å²) in [4.78, 5) is 0. The lowest BCUT2D eigenvalue weighted by Gasteiger charge is -2.10. The molecular formula is C17H12ClFN6O. The van der Waals surface area contributed by atoms with E-state index in [-0.39, 0.29) is 23.8 Å². The van der Waals surface area contributed by atoms with E-state index in [0.29, 0.717) is 22.0 Å². The summed E-state index contributed by atoms with van der Waals surface area (Å²) in [6.07, 6.45) is 1.45. The largest absolute Gasteiger partial charge is 0.487 e. The minimum atomic E-state index is -0.321. The molecule has 0 bridgehead atoms. The maximum Gasteiger partial charge on any atom is 0.216 e. The molecule has 0 aliphatic carbocycles. The van der Waals surface area contributed by atoms with E-state index in [9.17, 15) is 4.39 Å². The van der Waals surface area contributed by atoms with Gasteiger partial charge in [0.05, 0.1) is 5.02 Å². The SMILES string of the molecule is N#CC(=CNc1ccc(OCc2cccc(F)c2)c(Cl)c1)c1nn[nH]n1. The van der Waals surface area contributed by atoms with Gasteiger partial charge < -0.3 is 10.1 Å². The minimum Gasteiger partial charge on any atom is -0.487 e. The lowest BCUT2D eigenvalue weighted by Crippen LogP contribution is -1.97. The lowest BCUT2D eigenvalue weighted by molar-refractivity contribution is 0.306. The van der Waals surface area contributed by atoms with Crippen molar-refractivity contribution >= 4 is 22.9 Å². The molecule has 0 spiro atoms. The average molecular weight is 371 g/mol. The molecule has 0 atom stereocenters. The molecule has 1 aromatic heterocycles. The average Bonchev–Trinajstić information content (AvgIpc) is 3.16. The number of nitriles is 1. The first-order chi connectivity index (χ1) is 12.7. The van der Waals surface area contributed by atoms with Crippen molar-refractivity contribution in [3.05, 3.63) is 70.9 Å². The highest BCUT2D eigenvalue weighted by atomic mass is 35.5. The van der Waals surface area contributed by atoms with Crippen molar-refractivity contribution in [2.24, 2.45) is 0 Å². The number of tetrazole rings is 1. The van der Waals surface area contributed by atoms with Crippen molar-refractivity contribution in [2.75, 3.05) is 5.32 Å². The van der Waals surface area contributed by atoms with Crippen molar-refractivity contribution in [1.29, 1.82) is 5.26 Å². The van der Waals surface area contributed by atoms with Crippen LogP contribution in [0.15, 0.2) is 48.7 Å². The van der Waals surface area contributed by atoms with Crippen molar-refractivity contribution in [3.63, 3.8) is 0 Å². The van der Waals surface area contributed by atoms with Gasteiger partial charge in [0.25, 0.3) is 0 Å². The number of anilines is 1. The van der Waals surface area contributed by atoms with Crippen LogP contribution in [-0.2, 0) is 6.61 Å². The van der Waals surface area contributed by atoms with Gasteiger partial charge in [-0.1, -0.05) is 23.7 Å². The van der Waals surface area contributed by atoms with Crippen LogP contribution in [0.5, 0.6) is 5.75 Å². The molecule has 0 unspecified atom stereocenters. The number of ether oxygens (including phenoxy) is 1. The Kier molecular flexibility index (Phi) is 5.41. The maximum absolute atomic E-state index is 13.2. The van der Waals surface area contributed by atoms with Gasteiger partial charge in [-0.05, 0) is 41.1 Å². The first-order valence-electron chi connectivity index (χ1n) is 7.43. The number of aromatic nitrogens is 4. The fraction of sp³-hybridized carbons (Fsp3) is 0.0588. The summed E-state index contributed by atoms with van der Waals surface area (Å²) >= 11 is 6.21. The number of H-pyrrole nitrogens is 1. The number of hydrogen-bond acceptors (Lipinski definition) is 6. The molecule has 0 aliphatic rings. The van der Waals surface area contributed by atoms with Crippen LogP contribution < -0.4 is 10.1 Å². The van der Waals surface area contributed by atoms with Crippen molar-refractivity contribution in [3.8, 4) is 11.8 Å². The standard InChI is InChI=1S/C17H12ClFN6O/c18-15-7-14(21-9-12(8-20)17-22-24-25-23-17)4-5-16(15)26-10-11-2-1-3-13(19)6-11/h1-7,9,21H,10H2,(H,22,23,24,25). The first-order valence-corrected chi connectivity index (χ1v) is 7.81. The number of nitrogens with one attached hydrogen (secondary N) is 2. The van der Waals surface area contributed by atoms with E-state index in [1.165, 1.54) is 18.3 Å². The van der Waals surface area contributed by atoms with Crippen LogP contribution in [0.4, 0.5) is 10.1 Å². The second-order valence-electron chi connectivity index (χ2n) is 5.11. The quantitative estimate of drug-likeness (QED) is 0.644. The monoisotopic (exact) mass is 370 g/mol. The zero-order valence-electron chi connectivity index (χ0n) is 13.3. The number of benzene rings is 2. The molecule has 3 aromatic rings. The van der Waals surface area contributed by atoms with E-state index < -0.39 is 0 Å². The molecule has 0 radical (unpaired) electrons. The molecular weight excluding hydrogens is 359 g/mol. The third kappa shape index (κ3) is 4.34. The van der Waals surface area contributed by atoms with Crippen LogP contribution in [0, 0.1) is 17.1 Å². The van der Waals surface area contributed by atoms with Crippen LogP contribution in [0.1, 0.15) is 11.4 Å². The molecule has 26 heavy (non-hydrogen) atoms. The predicted octanol–water partition coefficient (Wildman–Crippen LogP) is 3.55. The maximum atomic E-state index is 13.2. The number of allylic oxidation sites excluding steroid dienone is 1. The molecule has 130 valence electrons. The Labute approximate surface area is 153 Å². The van der Waals surface area contributed by atoms with Crippen LogP contribution in [-0.4, -0.2) is 20.6 Å². The van der Waals surface area contributed by atoms with Gasteiger partial charge in [0.2, 0.25) is 5.82 Å². The van der Waals surface area contributed by atoms with Crippen LogP contribution in [0.25, 0.3) is 5.57 Å². The van der Waals surface area contributed by atoms with Crippen LogP contribution in [0.3, 0.4) is 0 Å². The number of rotatable bonds is 6. The molecule has 0 saturated carbocycles. The van der Waals surface area contributed by atoms with Gasteiger partial charge in [-0.2, -0.15) is 10.5 Å². The smallest absolute Gasteiger partial charge is 0.216 e. The van der Waals surface area contributed by atoms with Gasteiger partial charge in [0, 0.05) is 11.9 Å². The molecule has 2 N–H and O–H groups in total. The molecule has 0 saturated heterocycles. The van der Waals surface area contributed by atoms with Crippen molar-refractivity contribution in [1.82, 2.24) is 20.6 Å². The lowest BCUT2D eigenvalue weighted by atomic mass is 10.2. The molecule has 1 heterocycles. The minimum absolute atomic E-state index is 0.182. The van der Waals surface area contributed by atoms with E-state index in [4.69, 9.17) is 21.6 Å². The van der Waals surface area contributed by atoms with Gasteiger partial charge in [0.1, 0.15) is 29.8 Å². The number of hydrogen-bond donors (Lipinski definition) is 2. The van der Waals surface area contributed by atoms with Gasteiger partial charge in [0.15, 0.2) is 0 Å². The number of nitrogens with zero attached hydrogens (tertiary/aromatic N) is 4. The molecule has 9 heteroatoms. The second-order valence-corrected chi connectivity index (χ2v) is 5.52. The van der Waals surface area contributed by atoms with Crippen LogP contribution in [0.2, 0.25) is 5.02 Å². The zero-order chi connectivity index (χ0) is 18.4. The number of halogens is 2. The second kappa shape index (κ2) is 8.09. The highest BCUT2D eigenvalue weighted by molar-refractivity contribution is 6.32. The fourth-order valence-electron chi connectivity index (χ4n) is 2.07. The summed E-state index contributed by atoms with van der Waals surface area (Å²) in [5, 5.41) is 25.6. The Morgan fingerprint density at radius 1 is 1.35 bits per heavy atom. The Morgan fingerprint density at radius 2 is 2.23 bits per heavy atom. The van der Waals surface area contributed by atoms with E-state index in [1.807, 2.05) is 6.07 Å². The third-order valence-corrected chi connectivity index (χ3v) is 3.60. The normalized spacial score (nSPS) is 11.0. The van der Waals surface area contributed by atoms with E-state index in [0.717, 1.165) is 0 Å². The first kappa shape index (κ1) is 17.4. The fourth-order valence-corrected chi connectivity index (χ4v) is 2.31. The Morgan fingerprint density at radius 3 is 2.92 bits per heavy atom. The van der Waals surface area contributed by atoms with Gasteiger partial charge in [-0.15, -0.1) is 10.2 Å². The molecule has 7 nitrogen and oxygen atoms in total. The summed E-state index contributed by atoms with van der Waals surface area (Å²) in [6, 6.07) is 13.2. The summed E-state index contributed by atoms with van der Waals surface area (Å²) in [5.41, 5.74) is 1.55. The van der Waals surface area contributed by atoms with Gasteiger partial charge >= 0.3 is 0 Å². The topological polar surface area (TPSA) is 99.5 Å². The molecule has 0 fully saturated rings. The van der Waals surface area contributed by atoms with Crippen molar-refractivity contribution in [2.45, 2.75) is 6.61 Å².